The molecule has 1 aromatic heterocycles. The fourth-order valence-corrected chi connectivity index (χ4v) is 2.23. The van der Waals surface area contributed by atoms with Crippen LogP contribution in [0.3, 0.4) is 0 Å². The van der Waals surface area contributed by atoms with Crippen molar-refractivity contribution in [2.75, 3.05) is 12.4 Å². The van der Waals surface area contributed by atoms with E-state index in [1.807, 2.05) is 32.0 Å². The molecule has 0 bridgehead atoms. The Hall–Kier alpha value is -2.82. The Labute approximate surface area is 141 Å². The van der Waals surface area contributed by atoms with Crippen LogP contribution in [0.2, 0.25) is 0 Å². The number of methoxy groups -OCH3 is 1. The van der Waals surface area contributed by atoms with Crippen molar-refractivity contribution in [1.29, 1.82) is 0 Å². The first kappa shape index (κ1) is 17.5. The van der Waals surface area contributed by atoms with E-state index in [9.17, 15) is 9.59 Å². The Morgan fingerprint density at radius 3 is 2.71 bits per heavy atom. The molecule has 5 nitrogen and oxygen atoms in total. The molecule has 1 amide bonds. The van der Waals surface area contributed by atoms with E-state index in [1.54, 1.807) is 18.2 Å². The highest BCUT2D eigenvalue weighted by Crippen LogP contribution is 2.16. The Bertz CT molecular complexity index is 758. The van der Waals surface area contributed by atoms with Crippen molar-refractivity contribution in [3.8, 4) is 0 Å². The molecule has 2 aromatic rings. The van der Waals surface area contributed by atoms with Gasteiger partial charge in [0.2, 0.25) is 5.91 Å². The molecule has 1 heterocycles. The van der Waals surface area contributed by atoms with Crippen molar-refractivity contribution in [2.24, 2.45) is 0 Å². The number of ether oxygens (including phenoxy) is 1. The lowest BCUT2D eigenvalue weighted by molar-refractivity contribution is -0.140. The Balaban J connectivity index is 1.91. The first-order chi connectivity index (χ1) is 11.5. The van der Waals surface area contributed by atoms with Crippen LogP contribution in [0.4, 0.5) is 5.69 Å². The number of esters is 1. The van der Waals surface area contributed by atoms with Gasteiger partial charge < -0.3 is 14.5 Å². The lowest BCUT2D eigenvalue weighted by Gasteiger charge is -2.06. The van der Waals surface area contributed by atoms with Crippen molar-refractivity contribution >= 4 is 23.6 Å². The van der Waals surface area contributed by atoms with Crippen LogP contribution in [0.1, 0.15) is 29.1 Å². The summed E-state index contributed by atoms with van der Waals surface area (Å²) in [5, 5.41) is 2.83. The van der Waals surface area contributed by atoms with Crippen LogP contribution in [-0.4, -0.2) is 19.0 Å². The zero-order chi connectivity index (χ0) is 17.5. The minimum absolute atomic E-state index is 0.227. The van der Waals surface area contributed by atoms with Gasteiger partial charge in [-0.2, -0.15) is 0 Å². The topological polar surface area (TPSA) is 68.5 Å². The normalized spacial score (nSPS) is 10.8. The second kappa shape index (κ2) is 8.15. The molecule has 0 aliphatic heterocycles. The number of carbonyl (C=O) groups is 2. The molecule has 1 N–H and O–H groups in total. The molecule has 0 aliphatic carbocycles. The predicted octanol–water partition coefficient (Wildman–Crippen LogP) is 3.65. The summed E-state index contributed by atoms with van der Waals surface area (Å²) >= 11 is 0. The van der Waals surface area contributed by atoms with Crippen LogP contribution in [0.15, 0.2) is 40.8 Å². The molecule has 0 fully saturated rings. The van der Waals surface area contributed by atoms with Gasteiger partial charge in [-0.1, -0.05) is 17.7 Å². The van der Waals surface area contributed by atoms with Gasteiger partial charge in [-0.15, -0.1) is 0 Å². The van der Waals surface area contributed by atoms with Crippen LogP contribution in [0, 0.1) is 13.8 Å². The number of benzene rings is 1. The minimum atomic E-state index is -0.281. The first-order valence-corrected chi connectivity index (χ1v) is 7.70. The molecule has 126 valence electrons. The molecule has 0 atom stereocenters. The van der Waals surface area contributed by atoms with Crippen molar-refractivity contribution < 1.29 is 18.7 Å². The Kier molecular flexibility index (Phi) is 5.95. The van der Waals surface area contributed by atoms with E-state index in [2.05, 4.69) is 10.1 Å². The number of hydrogen-bond acceptors (Lipinski definition) is 4. The standard InChI is InChI=1S/C19H21NO4/c1-13-4-9-17(14(2)12-13)20-18(21)10-7-15-5-6-16(24-15)8-11-19(22)23-3/h4-7,9-10,12H,8,11H2,1-3H3,(H,20,21)/b10-7+. The van der Waals surface area contributed by atoms with Crippen LogP contribution in [0.25, 0.3) is 6.08 Å². The summed E-state index contributed by atoms with van der Waals surface area (Å²) in [5.74, 6) is 0.728. The summed E-state index contributed by atoms with van der Waals surface area (Å²) < 4.78 is 10.1. The summed E-state index contributed by atoms with van der Waals surface area (Å²) in [4.78, 5) is 23.1. The number of amides is 1. The van der Waals surface area contributed by atoms with Gasteiger partial charge in [-0.05, 0) is 43.7 Å². The number of nitrogens with one attached hydrogen (secondary N) is 1. The quantitative estimate of drug-likeness (QED) is 0.649. The van der Waals surface area contributed by atoms with Gasteiger partial charge in [0.05, 0.1) is 13.5 Å². The zero-order valence-corrected chi connectivity index (χ0v) is 14.1. The minimum Gasteiger partial charge on any atom is -0.469 e. The molecule has 2 rings (SSSR count). The summed E-state index contributed by atoms with van der Waals surface area (Å²) in [6, 6.07) is 9.39. The van der Waals surface area contributed by atoms with Crippen molar-refractivity contribution in [3.63, 3.8) is 0 Å². The third-order valence-corrected chi connectivity index (χ3v) is 3.52. The smallest absolute Gasteiger partial charge is 0.305 e. The maximum atomic E-state index is 12.0. The highest BCUT2D eigenvalue weighted by atomic mass is 16.5. The highest BCUT2D eigenvalue weighted by Gasteiger charge is 2.06. The summed E-state index contributed by atoms with van der Waals surface area (Å²) in [6.45, 7) is 3.96. The fourth-order valence-electron chi connectivity index (χ4n) is 2.23. The SMILES string of the molecule is COC(=O)CCc1ccc(/C=C/C(=O)Nc2ccc(C)cc2C)o1. The molecule has 0 spiro atoms. The first-order valence-electron chi connectivity index (χ1n) is 7.70. The van der Waals surface area contributed by atoms with Gasteiger partial charge in [0.1, 0.15) is 11.5 Å². The molecule has 1 aromatic carbocycles. The van der Waals surface area contributed by atoms with Crippen LogP contribution < -0.4 is 5.32 Å². The number of anilines is 1. The van der Waals surface area contributed by atoms with Crippen LogP contribution in [-0.2, 0) is 20.7 Å². The van der Waals surface area contributed by atoms with Gasteiger partial charge in [0, 0.05) is 18.2 Å². The summed E-state index contributed by atoms with van der Waals surface area (Å²) in [7, 11) is 1.35. The number of carbonyl (C=O) groups excluding carboxylic acids is 2. The van der Waals surface area contributed by atoms with E-state index in [0.29, 0.717) is 17.9 Å². The lowest BCUT2D eigenvalue weighted by Crippen LogP contribution is -2.08. The van der Waals surface area contributed by atoms with Crippen LogP contribution in [0.5, 0.6) is 0 Å². The molecular formula is C19H21NO4. The van der Waals surface area contributed by atoms with Crippen LogP contribution >= 0.6 is 0 Å². The third kappa shape index (κ3) is 5.12. The second-order valence-electron chi connectivity index (χ2n) is 5.52. The average molecular weight is 327 g/mol. The molecule has 0 aliphatic rings. The van der Waals surface area contributed by atoms with Crippen molar-refractivity contribution in [3.05, 3.63) is 59.1 Å². The predicted molar refractivity (Wildman–Crippen MR) is 92.6 cm³/mol. The molecular weight excluding hydrogens is 306 g/mol. The molecule has 0 saturated heterocycles. The molecule has 0 saturated carbocycles. The monoisotopic (exact) mass is 327 g/mol. The van der Waals surface area contributed by atoms with E-state index in [-0.39, 0.29) is 18.3 Å². The van der Waals surface area contributed by atoms with E-state index in [1.165, 1.54) is 13.2 Å². The van der Waals surface area contributed by atoms with Gasteiger partial charge in [-0.3, -0.25) is 9.59 Å². The molecule has 24 heavy (non-hydrogen) atoms. The van der Waals surface area contributed by atoms with E-state index in [0.717, 1.165) is 16.8 Å². The van der Waals surface area contributed by atoms with Gasteiger partial charge in [0.15, 0.2) is 0 Å². The fraction of sp³-hybridized carbons (Fsp3) is 0.263. The third-order valence-electron chi connectivity index (χ3n) is 3.52. The number of furan rings is 1. The summed E-state index contributed by atoms with van der Waals surface area (Å²) in [5.41, 5.74) is 2.95. The molecule has 0 radical (unpaired) electrons. The largest absolute Gasteiger partial charge is 0.469 e. The van der Waals surface area contributed by atoms with E-state index in [4.69, 9.17) is 4.42 Å². The lowest BCUT2D eigenvalue weighted by atomic mass is 10.1. The maximum absolute atomic E-state index is 12.0. The van der Waals surface area contributed by atoms with Crippen molar-refractivity contribution in [2.45, 2.75) is 26.7 Å². The number of rotatable bonds is 6. The Morgan fingerprint density at radius 2 is 2.00 bits per heavy atom. The summed E-state index contributed by atoms with van der Waals surface area (Å²) in [6.07, 6.45) is 3.75. The molecule has 0 unspecified atom stereocenters. The van der Waals surface area contributed by atoms with Gasteiger partial charge in [0.25, 0.3) is 0 Å². The van der Waals surface area contributed by atoms with Crippen molar-refractivity contribution in [1.82, 2.24) is 0 Å². The van der Waals surface area contributed by atoms with E-state index < -0.39 is 0 Å². The average Bonchev–Trinajstić information content (AvgIpc) is 3.01. The zero-order valence-electron chi connectivity index (χ0n) is 14.1. The Morgan fingerprint density at radius 1 is 1.21 bits per heavy atom. The van der Waals surface area contributed by atoms with Gasteiger partial charge in [-0.25, -0.2) is 0 Å². The van der Waals surface area contributed by atoms with E-state index >= 15 is 0 Å². The number of hydrogen-bond donors (Lipinski definition) is 1. The second-order valence-corrected chi connectivity index (χ2v) is 5.52. The number of aryl methyl sites for hydroxylation is 3. The molecule has 5 heteroatoms. The highest BCUT2D eigenvalue weighted by molar-refractivity contribution is 6.02. The van der Waals surface area contributed by atoms with Gasteiger partial charge >= 0.3 is 5.97 Å². The maximum Gasteiger partial charge on any atom is 0.305 e.